The van der Waals surface area contributed by atoms with Crippen LogP contribution in [0.5, 0.6) is 0 Å². The van der Waals surface area contributed by atoms with Gasteiger partial charge in [0.2, 0.25) is 0 Å². The molecule has 0 aliphatic rings. The molecule has 0 unspecified atom stereocenters. The number of benzene rings is 7. The largest absolute Gasteiger partial charge is 0.309 e. The molecule has 0 atom stereocenters. The van der Waals surface area contributed by atoms with Crippen molar-refractivity contribution >= 4 is 55.0 Å². The van der Waals surface area contributed by atoms with Gasteiger partial charge in [-0.2, -0.15) is 5.26 Å². The Bertz CT molecular complexity index is 2960. The summed E-state index contributed by atoms with van der Waals surface area (Å²) in [5.74, 6) is 0. The zero-order chi connectivity index (χ0) is 33.8. The zero-order valence-electron chi connectivity index (χ0n) is 26.7. The molecule has 0 aliphatic carbocycles. The van der Waals surface area contributed by atoms with Crippen LogP contribution in [0.2, 0.25) is 0 Å². The number of fused-ring (bicyclic) bond motifs is 6. The molecular formula is C45H25N5. The van der Waals surface area contributed by atoms with Gasteiger partial charge >= 0.3 is 0 Å². The van der Waals surface area contributed by atoms with E-state index in [1.165, 1.54) is 0 Å². The number of nitriles is 1. The monoisotopic (exact) mass is 635 g/mol. The summed E-state index contributed by atoms with van der Waals surface area (Å²) in [4.78, 5) is 7.34. The summed E-state index contributed by atoms with van der Waals surface area (Å²) < 4.78 is 4.49. The molecule has 9 aromatic rings. The minimum atomic E-state index is 0.599. The third kappa shape index (κ3) is 4.38. The van der Waals surface area contributed by atoms with Crippen molar-refractivity contribution in [2.45, 2.75) is 0 Å². The predicted octanol–water partition coefficient (Wildman–Crippen LogP) is 12.2. The average molecular weight is 636 g/mol. The lowest BCUT2D eigenvalue weighted by molar-refractivity contribution is 1.18. The quantitative estimate of drug-likeness (QED) is 0.177. The van der Waals surface area contributed by atoms with E-state index in [1.54, 1.807) is 0 Å². The molecule has 5 heteroatoms. The number of nitrogens with zero attached hydrogens (tertiary/aromatic N) is 5. The summed E-state index contributed by atoms with van der Waals surface area (Å²) in [5.41, 5.74) is 11.9. The minimum Gasteiger partial charge on any atom is -0.309 e. The van der Waals surface area contributed by atoms with Gasteiger partial charge in [-0.3, -0.25) is 0 Å². The maximum Gasteiger partial charge on any atom is 0.188 e. The number of hydrogen-bond donors (Lipinski definition) is 0. The molecule has 50 heavy (non-hydrogen) atoms. The second kappa shape index (κ2) is 11.4. The van der Waals surface area contributed by atoms with Crippen LogP contribution >= 0.6 is 0 Å². The average Bonchev–Trinajstić information content (AvgIpc) is 3.69. The summed E-state index contributed by atoms with van der Waals surface area (Å²) in [6, 6.07) is 53.5. The number of rotatable bonds is 4. The second-order valence-electron chi connectivity index (χ2n) is 12.3. The summed E-state index contributed by atoms with van der Waals surface area (Å²) in [6.07, 6.45) is 0. The number of aromatic nitrogens is 2. The lowest BCUT2D eigenvalue weighted by atomic mass is 9.96. The molecule has 0 radical (unpaired) electrons. The van der Waals surface area contributed by atoms with E-state index in [0.29, 0.717) is 16.9 Å². The van der Waals surface area contributed by atoms with Crippen molar-refractivity contribution in [3.8, 4) is 39.7 Å². The highest BCUT2D eigenvalue weighted by atomic mass is 15.0. The maximum atomic E-state index is 10.2. The van der Waals surface area contributed by atoms with Gasteiger partial charge in [0.1, 0.15) is 0 Å². The van der Waals surface area contributed by atoms with Crippen LogP contribution in [0.4, 0.5) is 11.4 Å². The van der Waals surface area contributed by atoms with Gasteiger partial charge in [0.25, 0.3) is 0 Å². The smallest absolute Gasteiger partial charge is 0.188 e. The predicted molar refractivity (Wildman–Crippen MR) is 203 cm³/mol. The Morgan fingerprint density at radius 3 is 1.60 bits per heavy atom. The first-order chi connectivity index (χ1) is 24.7. The maximum absolute atomic E-state index is 10.2. The van der Waals surface area contributed by atoms with Gasteiger partial charge in [-0.25, -0.2) is 9.69 Å². The number of hydrogen-bond acceptors (Lipinski definition) is 1. The van der Waals surface area contributed by atoms with E-state index in [1.807, 2.05) is 66.7 Å². The highest BCUT2D eigenvalue weighted by molar-refractivity contribution is 6.11. The van der Waals surface area contributed by atoms with Gasteiger partial charge in [0.05, 0.1) is 52.5 Å². The van der Waals surface area contributed by atoms with Crippen molar-refractivity contribution in [1.82, 2.24) is 9.13 Å². The zero-order valence-corrected chi connectivity index (χ0v) is 26.7. The van der Waals surface area contributed by atoms with Crippen LogP contribution in [0.15, 0.2) is 152 Å². The van der Waals surface area contributed by atoms with E-state index in [-0.39, 0.29) is 0 Å². The molecule has 0 saturated heterocycles. The van der Waals surface area contributed by atoms with Crippen molar-refractivity contribution in [1.29, 1.82) is 5.26 Å². The SMILES string of the molecule is [C-]#[N+]c1ccc2c(c1)c1ccccc1n2-c1ccc(C#N)c(-c2ccc(-c3ccccc3-n3c4ccccc4c4cc([N+]#[C-])ccc43)cc2)c1. The van der Waals surface area contributed by atoms with Crippen LogP contribution in [-0.2, 0) is 0 Å². The fourth-order valence-corrected chi connectivity index (χ4v) is 7.35. The highest BCUT2D eigenvalue weighted by Crippen LogP contribution is 2.39. The van der Waals surface area contributed by atoms with Gasteiger partial charge in [0, 0.05) is 27.6 Å². The first-order valence-corrected chi connectivity index (χ1v) is 16.2. The first kappa shape index (κ1) is 28.8. The Balaban J connectivity index is 1.17. The molecule has 2 aromatic heterocycles. The van der Waals surface area contributed by atoms with Crippen molar-refractivity contribution < 1.29 is 0 Å². The van der Waals surface area contributed by atoms with Gasteiger partial charge < -0.3 is 9.13 Å². The Hall–Kier alpha value is -7.39. The fraction of sp³-hybridized carbons (Fsp3) is 0. The normalized spacial score (nSPS) is 11.1. The van der Waals surface area contributed by atoms with Gasteiger partial charge in [-0.1, -0.05) is 91.0 Å². The molecule has 7 aromatic carbocycles. The van der Waals surface area contributed by atoms with Crippen LogP contribution in [-0.4, -0.2) is 9.13 Å². The Kier molecular flexibility index (Phi) is 6.56. The molecule has 0 N–H and O–H groups in total. The highest BCUT2D eigenvalue weighted by Gasteiger charge is 2.17. The van der Waals surface area contributed by atoms with E-state index in [0.717, 1.165) is 77.2 Å². The van der Waals surface area contributed by atoms with Crippen molar-refractivity contribution in [2.24, 2.45) is 0 Å². The molecule has 2 heterocycles. The Morgan fingerprint density at radius 1 is 0.460 bits per heavy atom. The molecule has 0 fully saturated rings. The molecule has 5 nitrogen and oxygen atoms in total. The third-order valence-electron chi connectivity index (χ3n) is 9.60. The van der Waals surface area contributed by atoms with Crippen LogP contribution < -0.4 is 0 Å². The second-order valence-corrected chi connectivity index (χ2v) is 12.3. The Morgan fingerprint density at radius 2 is 0.980 bits per heavy atom. The molecular weight excluding hydrogens is 611 g/mol. The van der Waals surface area contributed by atoms with Crippen LogP contribution in [0.1, 0.15) is 5.56 Å². The number of para-hydroxylation sites is 3. The lowest BCUT2D eigenvalue weighted by Crippen LogP contribution is -1.97. The van der Waals surface area contributed by atoms with Crippen LogP contribution in [0.25, 0.3) is 86.9 Å². The third-order valence-corrected chi connectivity index (χ3v) is 9.60. The first-order valence-electron chi connectivity index (χ1n) is 16.2. The van der Waals surface area contributed by atoms with Gasteiger partial charge in [-0.15, -0.1) is 0 Å². The Labute approximate surface area is 288 Å². The lowest BCUT2D eigenvalue weighted by Gasteiger charge is -2.15. The van der Waals surface area contributed by atoms with E-state index < -0.39 is 0 Å². The summed E-state index contributed by atoms with van der Waals surface area (Å²) in [5, 5.41) is 14.4. The summed E-state index contributed by atoms with van der Waals surface area (Å²) in [6.45, 7) is 15.1. The fourth-order valence-electron chi connectivity index (χ4n) is 7.35. The van der Waals surface area contributed by atoms with Gasteiger partial charge in [-0.05, 0) is 82.6 Å². The van der Waals surface area contributed by atoms with Gasteiger partial charge in [0.15, 0.2) is 11.4 Å². The van der Waals surface area contributed by atoms with Crippen LogP contribution in [0, 0.1) is 24.5 Å². The molecule has 0 spiro atoms. The molecule has 9 rings (SSSR count). The minimum absolute atomic E-state index is 0.599. The van der Waals surface area contributed by atoms with Crippen LogP contribution in [0.3, 0.4) is 0 Å². The summed E-state index contributed by atoms with van der Waals surface area (Å²) >= 11 is 0. The molecule has 0 amide bonds. The summed E-state index contributed by atoms with van der Waals surface area (Å²) in [7, 11) is 0. The van der Waals surface area contributed by atoms with Crippen molar-refractivity contribution in [2.75, 3.05) is 0 Å². The molecule has 230 valence electrons. The topological polar surface area (TPSA) is 42.4 Å². The van der Waals surface area contributed by atoms with E-state index in [9.17, 15) is 5.26 Å². The van der Waals surface area contributed by atoms with Crippen molar-refractivity contribution in [3.05, 3.63) is 180 Å². The van der Waals surface area contributed by atoms with E-state index >= 15 is 0 Å². The molecule has 0 aliphatic heterocycles. The van der Waals surface area contributed by atoms with E-state index in [2.05, 4.69) is 110 Å². The molecule has 0 saturated carbocycles. The molecule has 0 bridgehead atoms. The van der Waals surface area contributed by atoms with E-state index in [4.69, 9.17) is 13.1 Å². The standard InChI is InChI=1S/C45H25N5/c1-47-32-20-23-44-39(25-32)36-10-4-7-13-42(36)49(44)34-22-19-31(28-46)38(27-34)30-17-15-29(16-18-30)35-9-3-6-12-41(35)50-43-14-8-5-11-37(43)40-26-33(48-2)21-24-45(40)50/h3-27H. The van der Waals surface area contributed by atoms with Crippen molar-refractivity contribution in [3.63, 3.8) is 0 Å².